The number of carbonyl (C=O) groups is 1. The standard InChI is InChI=1S/C17H26N4O/c1-21-16(18)15(17(19)22)14(20-21)12-11-13-9-7-5-3-2-4-6-8-10-13/h13H,2-10,18H2,1H3,(H2,19,22). The Labute approximate surface area is 132 Å². The van der Waals surface area contributed by atoms with E-state index in [1.54, 1.807) is 7.05 Å². The van der Waals surface area contributed by atoms with E-state index in [-0.39, 0.29) is 11.4 Å². The lowest BCUT2D eigenvalue weighted by molar-refractivity contribution is 0.100. The van der Waals surface area contributed by atoms with E-state index >= 15 is 0 Å². The molecule has 5 nitrogen and oxygen atoms in total. The lowest BCUT2D eigenvalue weighted by atomic mass is 9.92. The van der Waals surface area contributed by atoms with Gasteiger partial charge in [0.1, 0.15) is 17.1 Å². The first-order valence-electron chi connectivity index (χ1n) is 8.23. The quantitative estimate of drug-likeness (QED) is 0.782. The zero-order valence-electron chi connectivity index (χ0n) is 13.4. The van der Waals surface area contributed by atoms with E-state index in [1.165, 1.54) is 49.6 Å². The molecule has 0 atom stereocenters. The van der Waals surface area contributed by atoms with Crippen molar-refractivity contribution in [2.24, 2.45) is 18.7 Å². The number of rotatable bonds is 1. The average molecular weight is 302 g/mol. The summed E-state index contributed by atoms with van der Waals surface area (Å²) in [5.74, 6) is 6.44. The van der Waals surface area contributed by atoms with Gasteiger partial charge in [0.2, 0.25) is 0 Å². The first-order chi connectivity index (χ1) is 10.6. The van der Waals surface area contributed by atoms with Gasteiger partial charge in [-0.25, -0.2) is 0 Å². The molecule has 1 aromatic heterocycles. The van der Waals surface area contributed by atoms with E-state index in [2.05, 4.69) is 16.9 Å². The first-order valence-corrected chi connectivity index (χ1v) is 8.23. The Kier molecular flexibility index (Phi) is 5.88. The minimum atomic E-state index is -0.569. The van der Waals surface area contributed by atoms with Crippen LogP contribution in [0.3, 0.4) is 0 Å². The van der Waals surface area contributed by atoms with Crippen molar-refractivity contribution in [2.75, 3.05) is 5.73 Å². The van der Waals surface area contributed by atoms with Crippen molar-refractivity contribution in [3.05, 3.63) is 11.3 Å². The van der Waals surface area contributed by atoms with Gasteiger partial charge in [-0.3, -0.25) is 9.48 Å². The van der Waals surface area contributed by atoms with E-state index in [1.807, 2.05) is 0 Å². The van der Waals surface area contributed by atoms with Crippen LogP contribution in [-0.4, -0.2) is 15.7 Å². The van der Waals surface area contributed by atoms with Crippen molar-refractivity contribution in [1.29, 1.82) is 0 Å². The summed E-state index contributed by atoms with van der Waals surface area (Å²) in [6.07, 6.45) is 11.3. The molecule has 0 saturated heterocycles. The molecule has 0 unspecified atom stereocenters. The molecule has 120 valence electrons. The molecule has 1 heterocycles. The molecular weight excluding hydrogens is 276 g/mol. The fourth-order valence-electron chi connectivity index (χ4n) is 2.99. The summed E-state index contributed by atoms with van der Waals surface area (Å²) >= 11 is 0. The summed E-state index contributed by atoms with van der Waals surface area (Å²) in [5, 5.41) is 4.21. The second-order valence-corrected chi connectivity index (χ2v) is 6.12. The highest BCUT2D eigenvalue weighted by Gasteiger charge is 2.17. The molecule has 1 saturated carbocycles. The van der Waals surface area contributed by atoms with Crippen LogP contribution in [0.4, 0.5) is 5.82 Å². The van der Waals surface area contributed by atoms with E-state index in [9.17, 15) is 4.79 Å². The number of anilines is 1. The molecule has 2 rings (SSSR count). The van der Waals surface area contributed by atoms with Crippen molar-refractivity contribution in [3.8, 4) is 11.8 Å². The molecule has 1 amide bonds. The first kappa shape index (κ1) is 16.4. The SMILES string of the molecule is Cn1nc(C#CC2CCCCCCCCC2)c(C(N)=O)c1N. The molecule has 0 spiro atoms. The highest BCUT2D eigenvalue weighted by molar-refractivity contribution is 5.99. The van der Waals surface area contributed by atoms with Gasteiger partial charge < -0.3 is 11.5 Å². The Bertz CT molecular complexity index is 569. The topological polar surface area (TPSA) is 86.9 Å². The molecule has 1 fully saturated rings. The van der Waals surface area contributed by atoms with Gasteiger partial charge >= 0.3 is 0 Å². The molecule has 5 heteroatoms. The van der Waals surface area contributed by atoms with Crippen LogP contribution in [0.2, 0.25) is 0 Å². The number of amides is 1. The van der Waals surface area contributed by atoms with Gasteiger partial charge in [0, 0.05) is 13.0 Å². The van der Waals surface area contributed by atoms with Crippen molar-refractivity contribution < 1.29 is 4.79 Å². The molecule has 1 aromatic rings. The zero-order valence-corrected chi connectivity index (χ0v) is 13.4. The van der Waals surface area contributed by atoms with E-state index in [4.69, 9.17) is 11.5 Å². The summed E-state index contributed by atoms with van der Waals surface area (Å²) in [7, 11) is 1.69. The summed E-state index contributed by atoms with van der Waals surface area (Å²) in [4.78, 5) is 11.5. The van der Waals surface area contributed by atoms with Crippen LogP contribution < -0.4 is 11.5 Å². The van der Waals surface area contributed by atoms with Crippen LogP contribution >= 0.6 is 0 Å². The van der Waals surface area contributed by atoms with Crippen LogP contribution in [-0.2, 0) is 7.05 Å². The minimum Gasteiger partial charge on any atom is -0.383 e. The van der Waals surface area contributed by atoms with Crippen molar-refractivity contribution in [3.63, 3.8) is 0 Å². The Balaban J connectivity index is 2.13. The van der Waals surface area contributed by atoms with E-state index < -0.39 is 5.91 Å². The maximum absolute atomic E-state index is 11.5. The minimum absolute atomic E-state index is 0.245. The fraction of sp³-hybridized carbons (Fsp3) is 0.647. The number of aromatic nitrogens is 2. The van der Waals surface area contributed by atoms with Crippen LogP contribution in [0.25, 0.3) is 0 Å². The summed E-state index contributed by atoms with van der Waals surface area (Å²) < 4.78 is 1.46. The maximum atomic E-state index is 11.5. The number of primary amides is 1. The molecule has 0 aliphatic heterocycles. The molecule has 0 aromatic carbocycles. The van der Waals surface area contributed by atoms with Gasteiger partial charge in [0.15, 0.2) is 0 Å². The average Bonchev–Trinajstić information content (AvgIpc) is 2.78. The number of nitrogens with two attached hydrogens (primary N) is 2. The van der Waals surface area contributed by atoms with Gasteiger partial charge in [-0.05, 0) is 18.8 Å². The van der Waals surface area contributed by atoms with Gasteiger partial charge in [-0.15, -0.1) is 0 Å². The predicted octanol–water partition coefficient (Wildman–Crippen LogP) is 2.59. The second-order valence-electron chi connectivity index (χ2n) is 6.12. The molecule has 0 bridgehead atoms. The van der Waals surface area contributed by atoms with Gasteiger partial charge in [0.25, 0.3) is 5.91 Å². The largest absolute Gasteiger partial charge is 0.383 e. The molecule has 0 radical (unpaired) electrons. The normalized spacial score (nSPS) is 17.5. The van der Waals surface area contributed by atoms with E-state index in [0.717, 1.165) is 12.8 Å². The zero-order chi connectivity index (χ0) is 15.9. The third-order valence-corrected chi connectivity index (χ3v) is 4.34. The number of aryl methyl sites for hydroxylation is 1. The van der Waals surface area contributed by atoms with Gasteiger partial charge in [-0.1, -0.05) is 50.9 Å². The second kappa shape index (κ2) is 7.88. The Morgan fingerprint density at radius 2 is 1.68 bits per heavy atom. The number of hydrogen-bond donors (Lipinski definition) is 2. The summed E-state index contributed by atoms with van der Waals surface area (Å²) in [6, 6.07) is 0. The Morgan fingerprint density at radius 3 is 2.23 bits per heavy atom. The maximum Gasteiger partial charge on any atom is 0.255 e. The third-order valence-electron chi connectivity index (χ3n) is 4.34. The molecule has 22 heavy (non-hydrogen) atoms. The highest BCUT2D eigenvalue weighted by Crippen LogP contribution is 2.21. The van der Waals surface area contributed by atoms with Gasteiger partial charge in [-0.2, -0.15) is 5.10 Å². The number of carbonyl (C=O) groups excluding carboxylic acids is 1. The third kappa shape index (κ3) is 4.27. The van der Waals surface area contributed by atoms with Crippen LogP contribution in [0.5, 0.6) is 0 Å². The van der Waals surface area contributed by atoms with Crippen LogP contribution in [0.1, 0.15) is 73.8 Å². The monoisotopic (exact) mass is 302 g/mol. The Hall–Kier alpha value is -1.96. The summed E-state index contributed by atoms with van der Waals surface area (Å²) in [6.45, 7) is 0. The molecule has 1 aliphatic rings. The molecule has 1 aliphatic carbocycles. The smallest absolute Gasteiger partial charge is 0.255 e. The predicted molar refractivity (Wildman–Crippen MR) is 88.1 cm³/mol. The van der Waals surface area contributed by atoms with Gasteiger partial charge in [0.05, 0.1) is 0 Å². The Morgan fingerprint density at radius 1 is 1.14 bits per heavy atom. The van der Waals surface area contributed by atoms with E-state index in [0.29, 0.717) is 11.6 Å². The lowest BCUT2D eigenvalue weighted by Crippen LogP contribution is -2.14. The fourth-order valence-corrected chi connectivity index (χ4v) is 2.99. The number of nitrogen functional groups attached to an aromatic ring is 1. The highest BCUT2D eigenvalue weighted by atomic mass is 16.1. The number of hydrogen-bond acceptors (Lipinski definition) is 3. The van der Waals surface area contributed by atoms with Crippen LogP contribution in [0, 0.1) is 17.8 Å². The number of nitrogens with zero attached hydrogens (tertiary/aromatic N) is 2. The molecule has 4 N–H and O–H groups in total. The van der Waals surface area contributed by atoms with Crippen molar-refractivity contribution in [1.82, 2.24) is 9.78 Å². The lowest BCUT2D eigenvalue weighted by Gasteiger charge is -2.12. The van der Waals surface area contributed by atoms with Crippen LogP contribution in [0.15, 0.2) is 0 Å². The van der Waals surface area contributed by atoms with Crippen molar-refractivity contribution >= 4 is 11.7 Å². The molecular formula is C17H26N4O. The summed E-state index contributed by atoms with van der Waals surface area (Å²) in [5.41, 5.74) is 11.9. The van der Waals surface area contributed by atoms with Crippen molar-refractivity contribution in [2.45, 2.75) is 57.8 Å².